The van der Waals surface area contributed by atoms with Crippen molar-refractivity contribution in [3.8, 4) is 0 Å². The number of primary amides is 1. The molecule has 1 aromatic rings. The number of hydrogen-bond acceptors (Lipinski definition) is 4. The molecule has 0 heterocycles. The zero-order valence-corrected chi connectivity index (χ0v) is 10.5. The van der Waals surface area contributed by atoms with Crippen molar-refractivity contribution in [2.75, 3.05) is 13.1 Å². The molecule has 0 aliphatic heterocycles. The van der Waals surface area contributed by atoms with Gasteiger partial charge in [-0.15, -0.1) is 0 Å². The summed E-state index contributed by atoms with van der Waals surface area (Å²) in [5, 5.41) is 0. The number of hydrogen-bond donors (Lipinski definition) is 3. The molecule has 5 N–H and O–H groups in total. The van der Waals surface area contributed by atoms with Gasteiger partial charge in [-0.05, 0) is 24.3 Å². The first-order chi connectivity index (χ1) is 8.47. The molecule has 1 rings (SSSR count). The monoisotopic (exact) mass is 269 g/mol. The number of sulfonamides is 1. The van der Waals surface area contributed by atoms with Crippen LogP contribution in [-0.4, -0.2) is 27.4 Å². The number of nitrogens with one attached hydrogen (secondary N) is 1. The first kappa shape index (κ1) is 14.4. The highest BCUT2D eigenvalue weighted by atomic mass is 32.2. The normalized spacial score (nSPS) is 11.8. The van der Waals surface area contributed by atoms with Crippen molar-refractivity contribution >= 4 is 15.9 Å². The summed E-state index contributed by atoms with van der Waals surface area (Å²) in [6, 6.07) is 5.39. The second-order valence-electron chi connectivity index (χ2n) is 3.45. The van der Waals surface area contributed by atoms with Crippen LogP contribution in [-0.2, 0) is 10.0 Å². The maximum absolute atomic E-state index is 11.8. The Labute approximate surface area is 106 Å². The highest BCUT2D eigenvalue weighted by Gasteiger charge is 2.12. The van der Waals surface area contributed by atoms with Crippen LogP contribution in [0.3, 0.4) is 0 Å². The fourth-order valence-electron chi connectivity index (χ4n) is 1.22. The Hall–Kier alpha value is -1.70. The van der Waals surface area contributed by atoms with Crippen molar-refractivity contribution in [2.24, 2.45) is 11.5 Å². The molecule has 0 saturated carbocycles. The van der Waals surface area contributed by atoms with E-state index in [2.05, 4.69) is 4.72 Å². The summed E-state index contributed by atoms with van der Waals surface area (Å²) < 4.78 is 25.9. The van der Waals surface area contributed by atoms with Crippen molar-refractivity contribution in [3.63, 3.8) is 0 Å². The number of rotatable bonds is 6. The molecule has 0 spiro atoms. The van der Waals surface area contributed by atoms with Gasteiger partial charge < -0.3 is 11.5 Å². The minimum atomic E-state index is -3.58. The van der Waals surface area contributed by atoms with Crippen molar-refractivity contribution < 1.29 is 13.2 Å². The molecule has 1 aromatic carbocycles. The second kappa shape index (κ2) is 6.29. The summed E-state index contributed by atoms with van der Waals surface area (Å²) in [6.45, 7) is 0.520. The molecule has 0 bridgehead atoms. The molecular formula is C11H15N3O3S. The Morgan fingerprint density at radius 3 is 2.33 bits per heavy atom. The lowest BCUT2D eigenvalue weighted by atomic mass is 10.2. The van der Waals surface area contributed by atoms with Crippen molar-refractivity contribution in [3.05, 3.63) is 42.0 Å². The minimum absolute atomic E-state index is 0.0775. The zero-order chi connectivity index (χ0) is 13.6. The topological polar surface area (TPSA) is 115 Å². The number of amides is 1. The fraction of sp³-hybridized carbons (Fsp3) is 0.182. The third kappa shape index (κ3) is 3.95. The standard InChI is InChI=1S/C11H15N3O3S/c12-7-1-2-8-14-18(16,17)10-5-3-9(4-6-10)11(13)15/h1-6,14H,7-8,12H2,(H2,13,15)/b2-1+. The van der Waals surface area contributed by atoms with E-state index in [1.54, 1.807) is 12.2 Å². The summed E-state index contributed by atoms with van der Waals surface area (Å²) in [6.07, 6.45) is 3.27. The minimum Gasteiger partial charge on any atom is -0.366 e. The van der Waals surface area contributed by atoms with Crippen LogP contribution in [0.2, 0.25) is 0 Å². The van der Waals surface area contributed by atoms with E-state index >= 15 is 0 Å². The second-order valence-corrected chi connectivity index (χ2v) is 5.21. The Bertz CT molecular complexity index is 535. The van der Waals surface area contributed by atoms with Gasteiger partial charge in [0.25, 0.3) is 0 Å². The van der Waals surface area contributed by atoms with E-state index in [4.69, 9.17) is 11.5 Å². The molecule has 0 saturated heterocycles. The average molecular weight is 269 g/mol. The number of nitrogens with two attached hydrogens (primary N) is 2. The third-order valence-electron chi connectivity index (χ3n) is 2.14. The van der Waals surface area contributed by atoms with Gasteiger partial charge in [0.1, 0.15) is 0 Å². The summed E-state index contributed by atoms with van der Waals surface area (Å²) >= 11 is 0. The van der Waals surface area contributed by atoms with Gasteiger partial charge in [-0.25, -0.2) is 13.1 Å². The highest BCUT2D eigenvalue weighted by molar-refractivity contribution is 7.89. The Kier molecular flexibility index (Phi) is 5.02. The molecular weight excluding hydrogens is 254 g/mol. The summed E-state index contributed by atoms with van der Waals surface area (Å²) in [7, 11) is -3.58. The quantitative estimate of drug-likeness (QED) is 0.608. The van der Waals surface area contributed by atoms with Crippen LogP contribution in [0.4, 0.5) is 0 Å². The molecule has 0 aliphatic rings. The van der Waals surface area contributed by atoms with Gasteiger partial charge in [-0.1, -0.05) is 12.2 Å². The van der Waals surface area contributed by atoms with Gasteiger partial charge in [-0.3, -0.25) is 4.79 Å². The molecule has 0 atom stereocenters. The molecule has 98 valence electrons. The van der Waals surface area contributed by atoms with E-state index in [0.29, 0.717) is 6.54 Å². The summed E-state index contributed by atoms with van der Waals surface area (Å²) in [4.78, 5) is 10.9. The lowest BCUT2D eigenvalue weighted by Crippen LogP contribution is -2.24. The van der Waals surface area contributed by atoms with Crippen molar-refractivity contribution in [1.29, 1.82) is 0 Å². The van der Waals surface area contributed by atoms with Crippen LogP contribution >= 0.6 is 0 Å². The third-order valence-corrected chi connectivity index (χ3v) is 3.58. The lowest BCUT2D eigenvalue weighted by Gasteiger charge is -2.05. The van der Waals surface area contributed by atoms with E-state index < -0.39 is 15.9 Å². The van der Waals surface area contributed by atoms with Crippen molar-refractivity contribution in [2.45, 2.75) is 4.90 Å². The van der Waals surface area contributed by atoms with E-state index in [1.807, 2.05) is 0 Å². The molecule has 0 aliphatic carbocycles. The van der Waals surface area contributed by atoms with Gasteiger partial charge in [0.2, 0.25) is 15.9 Å². The first-order valence-electron chi connectivity index (χ1n) is 5.22. The molecule has 0 aromatic heterocycles. The van der Waals surface area contributed by atoms with Gasteiger partial charge in [0.15, 0.2) is 0 Å². The number of carbonyl (C=O) groups is 1. The number of carbonyl (C=O) groups excluding carboxylic acids is 1. The summed E-state index contributed by atoms with van der Waals surface area (Å²) in [5.41, 5.74) is 10.5. The van der Waals surface area contributed by atoms with Crippen LogP contribution in [0.25, 0.3) is 0 Å². The fourth-order valence-corrected chi connectivity index (χ4v) is 2.20. The zero-order valence-electron chi connectivity index (χ0n) is 9.67. The molecule has 0 radical (unpaired) electrons. The Morgan fingerprint density at radius 2 is 1.83 bits per heavy atom. The molecule has 18 heavy (non-hydrogen) atoms. The van der Waals surface area contributed by atoms with Crippen LogP contribution in [0.15, 0.2) is 41.3 Å². The molecule has 0 fully saturated rings. The lowest BCUT2D eigenvalue weighted by molar-refractivity contribution is 0.1000. The predicted molar refractivity (Wildman–Crippen MR) is 68.3 cm³/mol. The van der Waals surface area contributed by atoms with E-state index in [9.17, 15) is 13.2 Å². The maximum Gasteiger partial charge on any atom is 0.248 e. The van der Waals surface area contributed by atoms with Gasteiger partial charge >= 0.3 is 0 Å². The smallest absolute Gasteiger partial charge is 0.248 e. The molecule has 0 unspecified atom stereocenters. The van der Waals surface area contributed by atoms with Crippen LogP contribution in [0.5, 0.6) is 0 Å². The SMILES string of the molecule is NC/C=C/CNS(=O)(=O)c1ccc(C(N)=O)cc1. The Balaban J connectivity index is 2.79. The van der Waals surface area contributed by atoms with Crippen LogP contribution < -0.4 is 16.2 Å². The van der Waals surface area contributed by atoms with Gasteiger partial charge in [0, 0.05) is 18.7 Å². The highest BCUT2D eigenvalue weighted by Crippen LogP contribution is 2.09. The van der Waals surface area contributed by atoms with Crippen LogP contribution in [0.1, 0.15) is 10.4 Å². The molecule has 1 amide bonds. The van der Waals surface area contributed by atoms with E-state index in [-0.39, 0.29) is 17.0 Å². The maximum atomic E-state index is 11.8. The van der Waals surface area contributed by atoms with Crippen molar-refractivity contribution in [1.82, 2.24) is 4.72 Å². The van der Waals surface area contributed by atoms with Gasteiger partial charge in [-0.2, -0.15) is 0 Å². The first-order valence-corrected chi connectivity index (χ1v) is 6.70. The van der Waals surface area contributed by atoms with Crippen LogP contribution in [0, 0.1) is 0 Å². The van der Waals surface area contributed by atoms with E-state index in [0.717, 1.165) is 0 Å². The molecule has 7 heteroatoms. The number of benzene rings is 1. The average Bonchev–Trinajstić information content (AvgIpc) is 2.35. The largest absolute Gasteiger partial charge is 0.366 e. The van der Waals surface area contributed by atoms with E-state index in [1.165, 1.54) is 24.3 Å². The predicted octanol–water partition coefficient (Wildman–Crippen LogP) is -0.421. The summed E-state index contributed by atoms with van der Waals surface area (Å²) in [5.74, 6) is -0.599. The van der Waals surface area contributed by atoms with Gasteiger partial charge in [0.05, 0.1) is 4.90 Å². The Morgan fingerprint density at radius 1 is 1.22 bits per heavy atom. The molecule has 6 nitrogen and oxygen atoms in total.